The number of hydrogen-bond acceptors (Lipinski definition) is 6. The maximum absolute atomic E-state index is 12.4. The molecule has 0 aliphatic rings. The van der Waals surface area contributed by atoms with Crippen LogP contribution in [-0.2, 0) is 13.1 Å². The van der Waals surface area contributed by atoms with Crippen LogP contribution < -0.4 is 21.3 Å². The zero-order valence-corrected chi connectivity index (χ0v) is 18.3. The zero-order valence-electron chi connectivity index (χ0n) is 17.6. The number of nitrogen functional groups attached to an aromatic ring is 1. The molecule has 0 atom stereocenters. The van der Waals surface area contributed by atoms with E-state index in [0.29, 0.717) is 18.1 Å². The van der Waals surface area contributed by atoms with Crippen molar-refractivity contribution < 1.29 is 9.53 Å². The van der Waals surface area contributed by atoms with Crippen molar-refractivity contribution in [2.24, 2.45) is 0 Å². The number of aromatic nitrogens is 5. The van der Waals surface area contributed by atoms with Gasteiger partial charge in [-0.2, -0.15) is 5.10 Å². The minimum atomic E-state index is -0.348. The topological polar surface area (TPSA) is 133 Å². The second-order valence-electron chi connectivity index (χ2n) is 7.25. The van der Waals surface area contributed by atoms with Crippen LogP contribution in [0.2, 0.25) is 5.02 Å². The van der Waals surface area contributed by atoms with Gasteiger partial charge in [0.1, 0.15) is 17.2 Å². The van der Waals surface area contributed by atoms with E-state index in [0.717, 1.165) is 11.1 Å². The summed E-state index contributed by atoms with van der Waals surface area (Å²) in [5.41, 5.74) is 8.16. The second kappa shape index (κ2) is 10.0. The molecule has 3 heterocycles. The molecule has 0 saturated carbocycles. The highest BCUT2D eigenvalue weighted by Crippen LogP contribution is 2.19. The lowest BCUT2D eigenvalue weighted by molar-refractivity contribution is 0.0947. The first-order valence-electron chi connectivity index (χ1n) is 10.2. The van der Waals surface area contributed by atoms with Gasteiger partial charge in [0.25, 0.3) is 17.3 Å². The van der Waals surface area contributed by atoms with E-state index in [2.05, 4.69) is 20.6 Å². The molecular formula is C22H22ClN7O3. The average molecular weight is 468 g/mol. The molecule has 33 heavy (non-hydrogen) atoms. The Morgan fingerprint density at radius 2 is 1.91 bits per heavy atom. The van der Waals surface area contributed by atoms with Crippen LogP contribution in [0, 0.1) is 0 Å². The van der Waals surface area contributed by atoms with Gasteiger partial charge in [0.05, 0.1) is 19.6 Å². The Morgan fingerprint density at radius 3 is 2.61 bits per heavy atom. The fourth-order valence-electron chi connectivity index (χ4n) is 3.19. The Balaban J connectivity index is 1.31. The van der Waals surface area contributed by atoms with E-state index < -0.39 is 0 Å². The quantitative estimate of drug-likeness (QED) is 0.322. The summed E-state index contributed by atoms with van der Waals surface area (Å²) in [6, 6.07) is 12.9. The molecule has 4 N–H and O–H groups in total. The first kappa shape index (κ1) is 22.2. The predicted molar refractivity (Wildman–Crippen MR) is 123 cm³/mol. The number of benzene rings is 1. The number of ether oxygens (including phenoxy) is 1. The minimum absolute atomic E-state index is 0.0455. The van der Waals surface area contributed by atoms with Crippen molar-refractivity contribution in [3.05, 3.63) is 93.1 Å². The smallest absolute Gasteiger partial charge is 0.256 e. The summed E-state index contributed by atoms with van der Waals surface area (Å²) in [5.74, 6) is 0.0723. The zero-order chi connectivity index (χ0) is 23.2. The molecule has 4 aromatic rings. The normalized spacial score (nSPS) is 10.8. The molecule has 1 amide bonds. The fourth-order valence-corrected chi connectivity index (χ4v) is 3.33. The average Bonchev–Trinajstić information content (AvgIpc) is 3.38. The van der Waals surface area contributed by atoms with Crippen LogP contribution in [0.3, 0.4) is 0 Å². The number of amides is 1. The lowest BCUT2D eigenvalue weighted by atomic mass is 10.1. The molecule has 10 nitrogen and oxygen atoms in total. The molecule has 0 aliphatic heterocycles. The largest absolute Gasteiger partial charge is 0.474 e. The number of nitrogens with zero attached hydrogens (tertiary/aromatic N) is 4. The van der Waals surface area contributed by atoms with Crippen LogP contribution >= 0.6 is 11.6 Å². The number of nitrogens with one attached hydrogen (secondary N) is 2. The summed E-state index contributed by atoms with van der Waals surface area (Å²) >= 11 is 5.87. The second-order valence-corrected chi connectivity index (χ2v) is 7.66. The number of carbonyl (C=O) groups excluding carboxylic acids is 1. The monoisotopic (exact) mass is 467 g/mol. The van der Waals surface area contributed by atoms with Crippen LogP contribution in [0.15, 0.2) is 65.8 Å². The van der Waals surface area contributed by atoms with E-state index in [1.807, 2.05) is 30.3 Å². The van der Waals surface area contributed by atoms with Gasteiger partial charge in [-0.15, -0.1) is 5.10 Å². The molecule has 0 fully saturated rings. The Kier molecular flexibility index (Phi) is 6.75. The third-order valence-corrected chi connectivity index (χ3v) is 5.11. The van der Waals surface area contributed by atoms with Crippen molar-refractivity contribution in [2.45, 2.75) is 13.1 Å². The van der Waals surface area contributed by atoms with E-state index >= 15 is 0 Å². The van der Waals surface area contributed by atoms with Crippen molar-refractivity contribution in [1.82, 2.24) is 29.9 Å². The van der Waals surface area contributed by atoms with E-state index in [1.165, 1.54) is 12.3 Å². The molecule has 0 unspecified atom stereocenters. The summed E-state index contributed by atoms with van der Waals surface area (Å²) in [7, 11) is 0. The maximum atomic E-state index is 12.4. The third kappa shape index (κ3) is 5.60. The van der Waals surface area contributed by atoms with Crippen LogP contribution in [0.5, 0.6) is 5.88 Å². The molecule has 11 heteroatoms. The maximum Gasteiger partial charge on any atom is 0.256 e. The highest BCUT2D eigenvalue weighted by Gasteiger charge is 2.14. The molecule has 0 bridgehead atoms. The van der Waals surface area contributed by atoms with E-state index in [1.54, 1.807) is 27.7 Å². The van der Waals surface area contributed by atoms with Crippen LogP contribution in [-0.4, -0.2) is 43.6 Å². The number of carbonyl (C=O) groups is 1. The third-order valence-electron chi connectivity index (χ3n) is 4.84. The Labute approximate surface area is 193 Å². The summed E-state index contributed by atoms with van der Waals surface area (Å²) in [6.07, 6.45) is 4.87. The van der Waals surface area contributed by atoms with Crippen LogP contribution in [0.25, 0.3) is 0 Å². The minimum Gasteiger partial charge on any atom is -0.474 e. The molecule has 4 rings (SSSR count). The van der Waals surface area contributed by atoms with Crippen molar-refractivity contribution >= 4 is 23.3 Å². The van der Waals surface area contributed by atoms with Crippen molar-refractivity contribution in [3.8, 4) is 5.88 Å². The molecule has 0 spiro atoms. The number of aromatic amines is 1. The molecular weight excluding hydrogens is 446 g/mol. The number of pyridine rings is 1. The molecule has 0 saturated heterocycles. The van der Waals surface area contributed by atoms with Gasteiger partial charge in [0.2, 0.25) is 0 Å². The molecule has 0 radical (unpaired) electrons. The number of halogens is 1. The summed E-state index contributed by atoms with van der Waals surface area (Å²) < 4.78 is 8.62. The van der Waals surface area contributed by atoms with Gasteiger partial charge in [0, 0.05) is 24.7 Å². The molecule has 170 valence electrons. The number of rotatable bonds is 9. The molecule has 1 aromatic carbocycles. The Morgan fingerprint density at radius 1 is 1.15 bits per heavy atom. The van der Waals surface area contributed by atoms with E-state index in [-0.39, 0.29) is 41.9 Å². The van der Waals surface area contributed by atoms with Gasteiger partial charge in [0.15, 0.2) is 5.82 Å². The predicted octanol–water partition coefficient (Wildman–Crippen LogP) is 1.91. The lowest BCUT2D eigenvalue weighted by Crippen LogP contribution is -2.28. The molecule has 3 aromatic heterocycles. The summed E-state index contributed by atoms with van der Waals surface area (Å²) in [5, 5.41) is 13.8. The molecule has 0 aliphatic carbocycles. The van der Waals surface area contributed by atoms with Crippen LogP contribution in [0.1, 0.15) is 21.5 Å². The first-order valence-corrected chi connectivity index (χ1v) is 10.5. The van der Waals surface area contributed by atoms with E-state index in [4.69, 9.17) is 22.1 Å². The highest BCUT2D eigenvalue weighted by molar-refractivity contribution is 6.31. The van der Waals surface area contributed by atoms with Gasteiger partial charge in [-0.25, -0.2) is 0 Å². The number of hydrogen-bond donors (Lipinski definition) is 3. The first-order chi connectivity index (χ1) is 16.0. The number of nitrogens with two attached hydrogens (primary N) is 1. The van der Waals surface area contributed by atoms with Crippen molar-refractivity contribution in [2.75, 3.05) is 18.9 Å². The van der Waals surface area contributed by atoms with Gasteiger partial charge < -0.3 is 20.4 Å². The Bertz CT molecular complexity index is 1290. The van der Waals surface area contributed by atoms with Crippen molar-refractivity contribution in [3.63, 3.8) is 0 Å². The lowest BCUT2D eigenvalue weighted by Gasteiger charge is -2.07. The Hall–Kier alpha value is -4.05. The van der Waals surface area contributed by atoms with E-state index in [9.17, 15) is 9.59 Å². The van der Waals surface area contributed by atoms with Gasteiger partial charge in [-0.3, -0.25) is 19.4 Å². The van der Waals surface area contributed by atoms with Gasteiger partial charge >= 0.3 is 0 Å². The fraction of sp³-hybridized carbons (Fsp3) is 0.182. The van der Waals surface area contributed by atoms with Gasteiger partial charge in [-0.1, -0.05) is 41.9 Å². The van der Waals surface area contributed by atoms with Crippen LogP contribution in [0.4, 0.5) is 5.82 Å². The SMILES string of the molecule is Nc1nn(Cc2ccc(Cn3ccccc3=O)cc2)cc1C(=O)NCCOc1n[nH]cc1Cl. The summed E-state index contributed by atoms with van der Waals surface area (Å²) in [6.45, 7) is 1.39. The number of anilines is 1. The van der Waals surface area contributed by atoms with Gasteiger partial charge in [-0.05, 0) is 17.2 Å². The van der Waals surface area contributed by atoms with Crippen molar-refractivity contribution in [1.29, 1.82) is 0 Å². The highest BCUT2D eigenvalue weighted by atomic mass is 35.5. The summed E-state index contributed by atoms with van der Waals surface area (Å²) in [4.78, 5) is 24.3. The number of H-pyrrole nitrogens is 1. The standard InChI is InChI=1S/C22H22ClN7O3/c23-18-11-26-27-22(18)33-10-8-25-21(32)17-14-30(28-20(17)24)13-16-6-4-15(5-7-16)12-29-9-2-1-3-19(29)31/h1-7,9,11,14H,8,10,12-13H2,(H2,24,28)(H,25,32)(H,26,27).